The van der Waals surface area contributed by atoms with Gasteiger partial charge in [-0.2, -0.15) is 0 Å². The van der Waals surface area contributed by atoms with Gasteiger partial charge in [-0.25, -0.2) is 0 Å². The van der Waals surface area contributed by atoms with E-state index < -0.39 is 0 Å². The van der Waals surface area contributed by atoms with E-state index in [1.54, 1.807) is 18.2 Å². The van der Waals surface area contributed by atoms with E-state index in [9.17, 15) is 10.2 Å². The fraction of sp³-hybridized carbons (Fsp3) is 0.0952. The van der Waals surface area contributed by atoms with Crippen molar-refractivity contribution >= 4 is 11.1 Å². The zero-order chi connectivity index (χ0) is 16.5. The van der Waals surface area contributed by atoms with Gasteiger partial charge in [-0.05, 0) is 77.1 Å². The molecule has 3 heteroatoms. The number of hydrogen-bond donors (Lipinski definition) is 2. The largest absolute Gasteiger partial charge is 0.508 e. The summed E-state index contributed by atoms with van der Waals surface area (Å²) in [5.74, 6) is 0.542. The maximum atomic E-state index is 9.80. The summed E-state index contributed by atoms with van der Waals surface area (Å²) in [6, 6.07) is 18.7. The van der Waals surface area contributed by atoms with Crippen LogP contribution in [0.5, 0.6) is 11.5 Å². The summed E-state index contributed by atoms with van der Waals surface area (Å²) in [6.07, 6.45) is 3.55. The molecule has 0 saturated carbocycles. The van der Waals surface area contributed by atoms with Crippen molar-refractivity contribution in [2.45, 2.75) is 12.8 Å². The lowest BCUT2D eigenvalue weighted by Gasteiger charge is -2.24. The van der Waals surface area contributed by atoms with Crippen LogP contribution in [0.3, 0.4) is 0 Å². The van der Waals surface area contributed by atoms with Crippen molar-refractivity contribution in [1.82, 2.24) is 4.98 Å². The number of phenolic OH excluding ortho intramolecular Hbond substituents is 2. The molecule has 24 heavy (non-hydrogen) atoms. The smallest absolute Gasteiger partial charge is 0.115 e. The average molecular weight is 315 g/mol. The van der Waals surface area contributed by atoms with E-state index in [4.69, 9.17) is 0 Å². The van der Waals surface area contributed by atoms with Crippen molar-refractivity contribution in [2.75, 3.05) is 0 Å². The van der Waals surface area contributed by atoms with Crippen LogP contribution in [0, 0.1) is 0 Å². The first-order chi connectivity index (χ1) is 11.7. The predicted octanol–water partition coefficient (Wildman–Crippen LogP) is 4.40. The van der Waals surface area contributed by atoms with Gasteiger partial charge in [0.15, 0.2) is 0 Å². The van der Waals surface area contributed by atoms with Gasteiger partial charge in [0.2, 0.25) is 0 Å². The Balaban J connectivity index is 1.98. The summed E-state index contributed by atoms with van der Waals surface area (Å²) in [4.78, 5) is 4.53. The molecule has 0 amide bonds. The van der Waals surface area contributed by atoms with Crippen molar-refractivity contribution in [3.8, 4) is 11.5 Å². The second-order valence-electron chi connectivity index (χ2n) is 5.96. The number of phenols is 2. The molecular weight excluding hydrogens is 298 g/mol. The molecule has 3 nitrogen and oxygen atoms in total. The maximum Gasteiger partial charge on any atom is 0.115 e. The first-order valence-electron chi connectivity index (χ1n) is 7.98. The summed E-state index contributed by atoms with van der Waals surface area (Å²) in [7, 11) is 0. The summed E-state index contributed by atoms with van der Waals surface area (Å²) in [5.41, 5.74) is 6.58. The molecule has 0 aliphatic heterocycles. The second kappa shape index (κ2) is 5.85. The topological polar surface area (TPSA) is 53.4 Å². The third-order valence-corrected chi connectivity index (χ3v) is 4.43. The van der Waals surface area contributed by atoms with E-state index in [-0.39, 0.29) is 5.75 Å². The number of nitrogens with zero attached hydrogens (tertiary/aromatic N) is 1. The molecule has 0 unspecified atom stereocenters. The van der Waals surface area contributed by atoms with Gasteiger partial charge in [0.05, 0.1) is 5.69 Å². The molecule has 0 spiro atoms. The number of benzene rings is 2. The summed E-state index contributed by atoms with van der Waals surface area (Å²) in [6.45, 7) is 0. The predicted molar refractivity (Wildman–Crippen MR) is 94.7 cm³/mol. The standard InChI is InChI=1S/C21H17NO2/c23-16-7-4-14(5-8-16)21-18-11-9-17(24)13-15(18)6-10-19(21)20-3-1-2-12-22-20/h1-5,7-9,11-13,23-24H,6,10H2. The maximum absolute atomic E-state index is 9.80. The van der Waals surface area contributed by atoms with Crippen LogP contribution in [-0.4, -0.2) is 15.2 Å². The van der Waals surface area contributed by atoms with Crippen molar-refractivity contribution in [3.05, 3.63) is 89.2 Å². The number of allylic oxidation sites excluding steroid dienone is 1. The highest BCUT2D eigenvalue weighted by atomic mass is 16.3. The molecule has 2 aromatic carbocycles. The van der Waals surface area contributed by atoms with Gasteiger partial charge >= 0.3 is 0 Å². The number of aryl methyl sites for hydroxylation is 1. The zero-order valence-electron chi connectivity index (χ0n) is 13.1. The molecule has 0 saturated heterocycles. The fourth-order valence-electron chi connectivity index (χ4n) is 3.33. The molecule has 118 valence electrons. The molecule has 0 radical (unpaired) electrons. The Hall–Kier alpha value is -3.07. The van der Waals surface area contributed by atoms with Crippen LogP contribution in [-0.2, 0) is 6.42 Å². The SMILES string of the molecule is Oc1ccc(C2=C(c3ccccn3)CCc3cc(O)ccc32)cc1. The van der Waals surface area contributed by atoms with Crippen LogP contribution in [0.25, 0.3) is 11.1 Å². The molecule has 4 rings (SSSR count). The van der Waals surface area contributed by atoms with Gasteiger partial charge in [-0.3, -0.25) is 4.98 Å². The van der Waals surface area contributed by atoms with E-state index in [2.05, 4.69) is 4.98 Å². The Morgan fingerprint density at radius 1 is 0.792 bits per heavy atom. The minimum Gasteiger partial charge on any atom is -0.508 e. The highest BCUT2D eigenvalue weighted by Crippen LogP contribution is 2.41. The van der Waals surface area contributed by atoms with Crippen LogP contribution in [0.2, 0.25) is 0 Å². The molecule has 0 atom stereocenters. The number of aromatic hydroxyl groups is 2. The third kappa shape index (κ3) is 2.54. The van der Waals surface area contributed by atoms with Gasteiger partial charge in [0.25, 0.3) is 0 Å². The molecule has 0 bridgehead atoms. The molecule has 1 aromatic heterocycles. The van der Waals surface area contributed by atoms with Crippen LogP contribution >= 0.6 is 0 Å². The average Bonchev–Trinajstić information content (AvgIpc) is 2.62. The summed E-state index contributed by atoms with van der Waals surface area (Å²) < 4.78 is 0. The summed E-state index contributed by atoms with van der Waals surface area (Å²) >= 11 is 0. The Kier molecular flexibility index (Phi) is 3.54. The molecule has 0 fully saturated rings. The molecule has 2 N–H and O–H groups in total. The number of pyridine rings is 1. The van der Waals surface area contributed by atoms with Gasteiger partial charge in [-0.1, -0.05) is 24.3 Å². The molecule has 1 aliphatic carbocycles. The van der Waals surface area contributed by atoms with Gasteiger partial charge in [0, 0.05) is 6.20 Å². The third-order valence-electron chi connectivity index (χ3n) is 4.43. The van der Waals surface area contributed by atoms with Crippen LogP contribution in [0.4, 0.5) is 0 Å². The van der Waals surface area contributed by atoms with Gasteiger partial charge in [0.1, 0.15) is 11.5 Å². The quantitative estimate of drug-likeness (QED) is 0.737. The number of rotatable bonds is 2. The molecule has 3 aromatic rings. The highest BCUT2D eigenvalue weighted by Gasteiger charge is 2.22. The zero-order valence-corrected chi connectivity index (χ0v) is 13.1. The molecule has 1 aliphatic rings. The van der Waals surface area contributed by atoms with E-state index in [0.29, 0.717) is 5.75 Å². The Bertz CT molecular complexity index is 912. The van der Waals surface area contributed by atoms with E-state index in [0.717, 1.165) is 40.8 Å². The first kappa shape index (κ1) is 14.5. The van der Waals surface area contributed by atoms with Crippen LogP contribution in [0.15, 0.2) is 66.9 Å². The monoisotopic (exact) mass is 315 g/mol. The Labute approximate surface area is 140 Å². The lowest BCUT2D eigenvalue weighted by Crippen LogP contribution is -2.06. The van der Waals surface area contributed by atoms with Gasteiger partial charge < -0.3 is 10.2 Å². The van der Waals surface area contributed by atoms with E-state index in [1.165, 1.54) is 5.57 Å². The van der Waals surface area contributed by atoms with E-state index in [1.807, 2.05) is 48.7 Å². The summed E-state index contributed by atoms with van der Waals surface area (Å²) in [5, 5.41) is 19.4. The fourth-order valence-corrected chi connectivity index (χ4v) is 3.33. The van der Waals surface area contributed by atoms with Crippen molar-refractivity contribution in [3.63, 3.8) is 0 Å². The minimum atomic E-state index is 0.250. The van der Waals surface area contributed by atoms with Crippen molar-refractivity contribution < 1.29 is 10.2 Å². The Morgan fingerprint density at radius 2 is 1.58 bits per heavy atom. The highest BCUT2D eigenvalue weighted by molar-refractivity contribution is 6.00. The van der Waals surface area contributed by atoms with Crippen molar-refractivity contribution in [1.29, 1.82) is 0 Å². The number of fused-ring (bicyclic) bond motifs is 1. The molecular formula is C21H17NO2. The first-order valence-corrected chi connectivity index (χ1v) is 7.98. The number of aromatic nitrogens is 1. The van der Waals surface area contributed by atoms with Gasteiger partial charge in [-0.15, -0.1) is 0 Å². The van der Waals surface area contributed by atoms with Crippen molar-refractivity contribution in [2.24, 2.45) is 0 Å². The second-order valence-corrected chi connectivity index (χ2v) is 5.96. The van der Waals surface area contributed by atoms with Crippen LogP contribution < -0.4 is 0 Å². The van der Waals surface area contributed by atoms with E-state index >= 15 is 0 Å². The molecule has 1 heterocycles. The lowest BCUT2D eigenvalue weighted by atomic mass is 9.81. The number of hydrogen-bond acceptors (Lipinski definition) is 3. The minimum absolute atomic E-state index is 0.250. The normalized spacial score (nSPS) is 13.7. The Morgan fingerprint density at radius 3 is 2.33 bits per heavy atom. The lowest BCUT2D eigenvalue weighted by molar-refractivity contribution is 0.474. The van der Waals surface area contributed by atoms with Crippen LogP contribution in [0.1, 0.15) is 28.8 Å².